The molecular weight excluding hydrogens is 219 g/mol. The van der Waals surface area contributed by atoms with Gasteiger partial charge in [-0.2, -0.15) is 5.26 Å². The van der Waals surface area contributed by atoms with E-state index in [1.165, 1.54) is 0 Å². The summed E-state index contributed by atoms with van der Waals surface area (Å²) in [6.45, 7) is 3.72. The Kier molecular flexibility index (Phi) is 3.78. The minimum atomic E-state index is -2.32. The van der Waals surface area contributed by atoms with Crippen molar-refractivity contribution in [2.75, 3.05) is 25.2 Å². The van der Waals surface area contributed by atoms with Gasteiger partial charge in [-0.25, -0.2) is 0 Å². The van der Waals surface area contributed by atoms with Crippen molar-refractivity contribution < 1.29 is 4.57 Å². The van der Waals surface area contributed by atoms with E-state index in [0.717, 1.165) is 0 Å². The van der Waals surface area contributed by atoms with Gasteiger partial charge in [0.25, 0.3) is 0 Å². The normalized spacial score (nSPS) is 10.2. The Bertz CT molecular complexity index is 517. The lowest BCUT2D eigenvalue weighted by Gasteiger charge is -2.10. The summed E-state index contributed by atoms with van der Waals surface area (Å²) in [5, 5.41) is 12.6. The number of rotatable bonds is 3. The van der Waals surface area contributed by atoms with Crippen LogP contribution in [0.1, 0.15) is 5.56 Å². The van der Waals surface area contributed by atoms with E-state index in [2.05, 4.69) is 17.3 Å². The van der Waals surface area contributed by atoms with Crippen molar-refractivity contribution in [3.05, 3.63) is 23.8 Å². The van der Waals surface area contributed by atoms with Crippen LogP contribution >= 0.6 is 7.14 Å². The molecule has 3 nitrogen and oxygen atoms in total. The second kappa shape index (κ2) is 4.88. The summed E-state index contributed by atoms with van der Waals surface area (Å²) < 4.78 is 11.8. The van der Waals surface area contributed by atoms with E-state index >= 15 is 0 Å². The van der Waals surface area contributed by atoms with Crippen LogP contribution in [0, 0.1) is 23.7 Å². The molecule has 0 bridgehead atoms. The molecule has 1 aromatic rings. The van der Waals surface area contributed by atoms with Gasteiger partial charge < -0.3 is 9.88 Å². The number of hydrogen-bond donors (Lipinski definition) is 1. The summed E-state index contributed by atoms with van der Waals surface area (Å²) in [7, 11) is -2.32. The molecule has 0 heterocycles. The molecule has 0 aliphatic carbocycles. The van der Waals surface area contributed by atoms with Crippen molar-refractivity contribution >= 4 is 18.1 Å². The van der Waals surface area contributed by atoms with Gasteiger partial charge in [-0.15, -0.1) is 6.42 Å². The zero-order chi connectivity index (χ0) is 12.2. The third-order valence-electron chi connectivity index (χ3n) is 2.13. The first-order valence-corrected chi connectivity index (χ1v) is 7.36. The van der Waals surface area contributed by atoms with E-state index in [9.17, 15) is 4.57 Å². The first kappa shape index (κ1) is 12.4. The summed E-state index contributed by atoms with van der Waals surface area (Å²) in [5.74, 6) is 2.44. The molecule has 0 saturated heterocycles. The van der Waals surface area contributed by atoms with E-state index in [1.807, 2.05) is 0 Å². The first-order chi connectivity index (χ1) is 7.49. The largest absolute Gasteiger partial charge is 0.373 e. The Labute approximate surface area is 95.9 Å². The molecule has 0 aromatic heterocycles. The number of anilines is 1. The van der Waals surface area contributed by atoms with Crippen molar-refractivity contribution in [2.24, 2.45) is 0 Å². The average Bonchev–Trinajstić information content (AvgIpc) is 2.24. The van der Waals surface area contributed by atoms with Gasteiger partial charge in [-0.1, -0.05) is 5.92 Å². The molecule has 0 fully saturated rings. The predicted molar refractivity (Wildman–Crippen MR) is 67.6 cm³/mol. The Morgan fingerprint density at radius 2 is 2.19 bits per heavy atom. The van der Waals surface area contributed by atoms with Crippen LogP contribution in [0.15, 0.2) is 18.2 Å². The van der Waals surface area contributed by atoms with E-state index in [1.54, 1.807) is 31.5 Å². The highest BCUT2D eigenvalue weighted by Gasteiger charge is 2.13. The average molecular weight is 232 g/mol. The highest BCUT2D eigenvalue weighted by atomic mass is 31.2. The Morgan fingerprint density at radius 3 is 2.69 bits per heavy atom. The lowest BCUT2D eigenvalue weighted by Crippen LogP contribution is -2.07. The van der Waals surface area contributed by atoms with Gasteiger partial charge in [0.1, 0.15) is 13.2 Å². The molecule has 0 aliphatic heterocycles. The highest BCUT2D eigenvalue weighted by Crippen LogP contribution is 2.35. The van der Waals surface area contributed by atoms with Crippen LogP contribution in [0.3, 0.4) is 0 Å². The third-order valence-corrected chi connectivity index (χ3v) is 3.65. The lowest BCUT2D eigenvalue weighted by atomic mass is 10.2. The molecule has 0 radical (unpaired) electrons. The van der Waals surface area contributed by atoms with Crippen LogP contribution in [-0.4, -0.2) is 19.9 Å². The van der Waals surface area contributed by atoms with Gasteiger partial charge in [-0.05, 0) is 31.5 Å². The molecule has 1 N–H and O–H groups in total. The van der Waals surface area contributed by atoms with Gasteiger partial charge in [0.15, 0.2) is 0 Å². The third kappa shape index (κ3) is 2.89. The Morgan fingerprint density at radius 1 is 1.50 bits per heavy atom. The van der Waals surface area contributed by atoms with Crippen LogP contribution in [0.25, 0.3) is 0 Å². The summed E-state index contributed by atoms with van der Waals surface area (Å²) >= 11 is 0. The second-order valence-electron chi connectivity index (χ2n) is 3.75. The zero-order valence-corrected chi connectivity index (χ0v) is 10.2. The smallest absolute Gasteiger partial charge is 0.109 e. The van der Waals surface area contributed by atoms with Crippen molar-refractivity contribution in [1.29, 1.82) is 5.26 Å². The van der Waals surface area contributed by atoms with Crippen molar-refractivity contribution in [1.82, 2.24) is 0 Å². The molecular formula is C12H13N2OP. The summed E-state index contributed by atoms with van der Waals surface area (Å²) in [6.07, 6.45) is 5.13. The maximum absolute atomic E-state index is 11.8. The van der Waals surface area contributed by atoms with Gasteiger partial charge in [-0.3, -0.25) is 0 Å². The number of terminal acetylenes is 1. The molecule has 0 saturated carbocycles. The van der Waals surface area contributed by atoms with E-state index in [4.69, 9.17) is 11.7 Å². The molecule has 82 valence electrons. The van der Waals surface area contributed by atoms with Crippen LogP contribution < -0.4 is 10.6 Å². The topological polar surface area (TPSA) is 52.9 Å². The lowest BCUT2D eigenvalue weighted by molar-refractivity contribution is 0.588. The van der Waals surface area contributed by atoms with Gasteiger partial charge in [0.2, 0.25) is 0 Å². The molecule has 0 atom stereocenters. The van der Waals surface area contributed by atoms with E-state index in [-0.39, 0.29) is 0 Å². The van der Waals surface area contributed by atoms with Gasteiger partial charge in [0, 0.05) is 5.30 Å². The highest BCUT2D eigenvalue weighted by molar-refractivity contribution is 7.70. The zero-order valence-electron chi connectivity index (χ0n) is 9.32. The molecule has 0 aliphatic rings. The fourth-order valence-electron chi connectivity index (χ4n) is 1.26. The van der Waals surface area contributed by atoms with Crippen molar-refractivity contribution in [2.45, 2.75) is 0 Å². The Hall–Kier alpha value is -1.70. The monoisotopic (exact) mass is 232 g/mol. The van der Waals surface area contributed by atoms with Crippen LogP contribution in [0.4, 0.5) is 5.69 Å². The van der Waals surface area contributed by atoms with Crippen LogP contribution in [0.5, 0.6) is 0 Å². The van der Waals surface area contributed by atoms with E-state index < -0.39 is 7.14 Å². The number of hydrogen-bond acceptors (Lipinski definition) is 3. The van der Waals surface area contributed by atoms with Gasteiger partial charge in [0.05, 0.1) is 17.8 Å². The quantitative estimate of drug-likeness (QED) is 0.639. The molecule has 4 heteroatoms. The number of nitrogens with one attached hydrogen (secondary N) is 1. The second-order valence-corrected chi connectivity index (χ2v) is 6.97. The fraction of sp³-hybridized carbons (Fsp3) is 0.250. The molecule has 1 rings (SSSR count). The van der Waals surface area contributed by atoms with Crippen molar-refractivity contribution in [3.63, 3.8) is 0 Å². The molecule has 0 amide bonds. The van der Waals surface area contributed by atoms with Gasteiger partial charge >= 0.3 is 0 Å². The van der Waals surface area contributed by atoms with Crippen LogP contribution in [-0.2, 0) is 4.57 Å². The SMILES string of the molecule is C#CCNc1ccc(P(C)(C)=O)cc1C#N. The first-order valence-electron chi connectivity index (χ1n) is 4.76. The summed E-state index contributed by atoms with van der Waals surface area (Å²) in [6, 6.07) is 7.22. The number of nitrogens with zero attached hydrogens (tertiary/aromatic N) is 1. The maximum atomic E-state index is 11.8. The number of benzene rings is 1. The minimum Gasteiger partial charge on any atom is -0.373 e. The maximum Gasteiger partial charge on any atom is 0.109 e. The predicted octanol–water partition coefficient (Wildman–Crippen LogP) is 1.85. The van der Waals surface area contributed by atoms with Crippen LogP contribution in [0.2, 0.25) is 0 Å². The molecule has 0 unspecified atom stereocenters. The summed E-state index contributed by atoms with van der Waals surface area (Å²) in [5.41, 5.74) is 1.15. The fourth-order valence-corrected chi connectivity index (χ4v) is 2.13. The van der Waals surface area contributed by atoms with E-state index in [0.29, 0.717) is 23.1 Å². The number of nitriles is 1. The molecule has 1 aromatic carbocycles. The Balaban J connectivity index is 3.14. The molecule has 16 heavy (non-hydrogen) atoms. The molecule has 0 spiro atoms. The van der Waals surface area contributed by atoms with Crippen molar-refractivity contribution in [3.8, 4) is 18.4 Å². The standard InChI is InChI=1S/C12H13N2OP/c1-4-7-14-12-6-5-11(16(2,3)15)8-10(12)9-13/h1,5-6,8,14H,7H2,2-3H3. The summed E-state index contributed by atoms with van der Waals surface area (Å²) in [4.78, 5) is 0. The minimum absolute atomic E-state index is 0.365.